The summed E-state index contributed by atoms with van der Waals surface area (Å²) in [7, 11) is -2.60. The second-order valence-corrected chi connectivity index (χ2v) is 7.05. The van der Waals surface area contributed by atoms with E-state index in [1.165, 1.54) is 7.05 Å². The Kier molecular flexibility index (Phi) is 3.77. The van der Waals surface area contributed by atoms with Gasteiger partial charge in [-0.2, -0.15) is 0 Å². The van der Waals surface area contributed by atoms with Crippen molar-refractivity contribution in [2.24, 2.45) is 0 Å². The Morgan fingerprint density at radius 3 is 2.22 bits per heavy atom. The maximum absolute atomic E-state index is 13.3. The van der Waals surface area contributed by atoms with Crippen LogP contribution in [0.5, 0.6) is 0 Å². The Morgan fingerprint density at radius 2 is 1.52 bits per heavy atom. The number of hydrogen-bond acceptors (Lipinski definition) is 2. The van der Waals surface area contributed by atoms with E-state index in [0.29, 0.717) is 11.8 Å². The number of sulfonamides is 1. The van der Waals surface area contributed by atoms with Gasteiger partial charge in [-0.05, 0) is 41.1 Å². The Hall–Kier alpha value is -2.47. The third kappa shape index (κ3) is 2.77. The summed E-state index contributed by atoms with van der Waals surface area (Å²) in [5.41, 5.74) is 0.438. The largest absolute Gasteiger partial charge is 0.269 e. The third-order valence-corrected chi connectivity index (χ3v) is 5.43. The molecule has 0 spiro atoms. The van der Waals surface area contributed by atoms with Crippen molar-refractivity contribution in [3.05, 3.63) is 72.3 Å². The first-order valence-electron chi connectivity index (χ1n) is 6.82. The molecule has 0 bridgehead atoms. The van der Waals surface area contributed by atoms with Crippen molar-refractivity contribution in [3.63, 3.8) is 0 Å². The van der Waals surface area contributed by atoms with Gasteiger partial charge in [-0.1, -0.05) is 30.3 Å². The summed E-state index contributed by atoms with van der Waals surface area (Å²) in [5.74, 6) is -2.28. The monoisotopic (exact) mass is 333 g/mol. The summed E-state index contributed by atoms with van der Waals surface area (Å²) in [6.45, 7) is 0. The molecule has 0 unspecified atom stereocenters. The maximum atomic E-state index is 13.3. The van der Waals surface area contributed by atoms with E-state index in [-0.39, 0.29) is 4.90 Å². The first-order valence-corrected chi connectivity index (χ1v) is 8.26. The fourth-order valence-electron chi connectivity index (χ4n) is 2.31. The van der Waals surface area contributed by atoms with Crippen molar-refractivity contribution in [2.45, 2.75) is 4.90 Å². The maximum Gasteiger partial charge on any atom is 0.264 e. The molecule has 0 aliphatic rings. The summed E-state index contributed by atoms with van der Waals surface area (Å²) in [6, 6.07) is 15.3. The number of halogens is 2. The van der Waals surface area contributed by atoms with E-state index in [1.807, 2.05) is 30.3 Å². The summed E-state index contributed by atoms with van der Waals surface area (Å²) >= 11 is 0. The highest BCUT2D eigenvalue weighted by molar-refractivity contribution is 7.92. The number of nitrogens with zero attached hydrogens (tertiary/aromatic N) is 1. The number of hydrogen-bond donors (Lipinski definition) is 0. The van der Waals surface area contributed by atoms with Crippen LogP contribution in [-0.4, -0.2) is 15.5 Å². The van der Waals surface area contributed by atoms with Gasteiger partial charge in [0, 0.05) is 7.05 Å². The molecule has 0 saturated heterocycles. The van der Waals surface area contributed by atoms with Crippen LogP contribution in [0.4, 0.5) is 14.5 Å². The van der Waals surface area contributed by atoms with Gasteiger partial charge in [0.2, 0.25) is 0 Å². The molecule has 0 N–H and O–H groups in total. The smallest absolute Gasteiger partial charge is 0.264 e. The molecule has 23 heavy (non-hydrogen) atoms. The van der Waals surface area contributed by atoms with E-state index in [9.17, 15) is 17.2 Å². The predicted molar refractivity (Wildman–Crippen MR) is 85.9 cm³/mol. The zero-order valence-electron chi connectivity index (χ0n) is 12.2. The van der Waals surface area contributed by atoms with Crippen LogP contribution < -0.4 is 4.31 Å². The molecule has 0 heterocycles. The van der Waals surface area contributed by atoms with Crippen molar-refractivity contribution in [2.75, 3.05) is 11.4 Å². The highest BCUT2D eigenvalue weighted by Crippen LogP contribution is 2.26. The summed E-state index contributed by atoms with van der Waals surface area (Å²) in [4.78, 5) is -0.299. The predicted octanol–water partition coefficient (Wildman–Crippen LogP) is 3.94. The van der Waals surface area contributed by atoms with Gasteiger partial charge in [-0.3, -0.25) is 4.31 Å². The summed E-state index contributed by atoms with van der Waals surface area (Å²) < 4.78 is 52.5. The quantitative estimate of drug-likeness (QED) is 0.728. The molecular weight excluding hydrogens is 320 g/mol. The summed E-state index contributed by atoms with van der Waals surface area (Å²) in [6.07, 6.45) is 0. The second kappa shape index (κ2) is 5.62. The van der Waals surface area contributed by atoms with Crippen LogP contribution in [0.15, 0.2) is 65.6 Å². The van der Waals surface area contributed by atoms with Gasteiger partial charge in [0.25, 0.3) is 10.0 Å². The van der Waals surface area contributed by atoms with Crippen molar-refractivity contribution in [1.82, 2.24) is 0 Å². The topological polar surface area (TPSA) is 37.4 Å². The van der Waals surface area contributed by atoms with E-state index in [0.717, 1.165) is 27.2 Å². The lowest BCUT2D eigenvalue weighted by molar-refractivity contribution is 0.504. The molecular formula is C17H13F2NO2S. The van der Waals surface area contributed by atoms with Crippen LogP contribution >= 0.6 is 0 Å². The van der Waals surface area contributed by atoms with Gasteiger partial charge in [-0.25, -0.2) is 17.2 Å². The number of rotatable bonds is 3. The first kappa shape index (κ1) is 15.4. The van der Waals surface area contributed by atoms with Crippen molar-refractivity contribution < 1.29 is 17.2 Å². The molecule has 0 fully saturated rings. The van der Waals surface area contributed by atoms with Gasteiger partial charge >= 0.3 is 0 Å². The van der Waals surface area contributed by atoms with E-state index >= 15 is 0 Å². The molecule has 6 heteroatoms. The molecule has 0 radical (unpaired) electrons. The molecule has 0 atom stereocenters. The van der Waals surface area contributed by atoms with Gasteiger partial charge in [0.05, 0.1) is 10.6 Å². The van der Waals surface area contributed by atoms with Gasteiger partial charge in [0.1, 0.15) is 0 Å². The van der Waals surface area contributed by atoms with Crippen LogP contribution in [0.25, 0.3) is 10.8 Å². The summed E-state index contributed by atoms with van der Waals surface area (Å²) in [5, 5.41) is 1.87. The SMILES string of the molecule is CN(c1ccc2ccccc2c1)S(=O)(=O)c1ccc(F)c(F)c1. The highest BCUT2D eigenvalue weighted by atomic mass is 32.2. The van der Waals surface area contributed by atoms with Crippen LogP contribution in [0.1, 0.15) is 0 Å². The Bertz CT molecular complexity index is 987. The minimum Gasteiger partial charge on any atom is -0.269 e. The molecule has 0 aliphatic heterocycles. The standard InChI is InChI=1S/C17H13F2NO2S/c1-20(14-7-6-12-4-2-3-5-13(12)10-14)23(21,22)15-8-9-16(18)17(19)11-15/h2-11H,1H3. The fourth-order valence-corrected chi connectivity index (χ4v) is 3.51. The van der Waals surface area contributed by atoms with E-state index in [4.69, 9.17) is 0 Å². The van der Waals surface area contributed by atoms with Crippen LogP contribution in [0, 0.1) is 11.6 Å². The lowest BCUT2D eigenvalue weighted by atomic mass is 10.1. The molecule has 118 valence electrons. The van der Waals surface area contributed by atoms with E-state index < -0.39 is 21.7 Å². The Morgan fingerprint density at radius 1 is 0.826 bits per heavy atom. The lowest BCUT2D eigenvalue weighted by Gasteiger charge is -2.20. The van der Waals surface area contributed by atoms with Crippen molar-refractivity contribution in [1.29, 1.82) is 0 Å². The average Bonchev–Trinajstić information content (AvgIpc) is 2.56. The first-order chi connectivity index (χ1) is 10.9. The minimum absolute atomic E-state index is 0.299. The molecule has 0 saturated carbocycles. The van der Waals surface area contributed by atoms with Crippen molar-refractivity contribution in [3.8, 4) is 0 Å². The van der Waals surface area contributed by atoms with Crippen molar-refractivity contribution >= 4 is 26.5 Å². The Labute approximate surface area is 132 Å². The van der Waals surface area contributed by atoms with Crippen LogP contribution in [0.2, 0.25) is 0 Å². The fraction of sp³-hybridized carbons (Fsp3) is 0.0588. The molecule has 0 aliphatic carbocycles. The van der Waals surface area contributed by atoms with Crippen LogP contribution in [-0.2, 0) is 10.0 Å². The lowest BCUT2D eigenvalue weighted by Crippen LogP contribution is -2.26. The van der Waals surface area contributed by atoms with Gasteiger partial charge < -0.3 is 0 Å². The molecule has 0 aromatic heterocycles. The van der Waals surface area contributed by atoms with Gasteiger partial charge in [0.15, 0.2) is 11.6 Å². The molecule has 3 aromatic rings. The molecule has 3 nitrogen and oxygen atoms in total. The molecule has 3 rings (SSSR count). The molecule has 3 aromatic carbocycles. The van der Waals surface area contributed by atoms with E-state index in [2.05, 4.69) is 0 Å². The number of fused-ring (bicyclic) bond motifs is 1. The zero-order valence-corrected chi connectivity index (χ0v) is 13.0. The number of anilines is 1. The van der Waals surface area contributed by atoms with E-state index in [1.54, 1.807) is 12.1 Å². The van der Waals surface area contributed by atoms with Crippen LogP contribution in [0.3, 0.4) is 0 Å². The average molecular weight is 333 g/mol. The second-order valence-electron chi connectivity index (χ2n) is 5.08. The Balaban J connectivity index is 2.05. The zero-order chi connectivity index (χ0) is 16.6. The third-order valence-electron chi connectivity index (χ3n) is 3.65. The molecule has 0 amide bonds. The number of benzene rings is 3. The minimum atomic E-state index is -3.97. The normalized spacial score (nSPS) is 11.6. The highest BCUT2D eigenvalue weighted by Gasteiger charge is 2.22. The van der Waals surface area contributed by atoms with Gasteiger partial charge in [-0.15, -0.1) is 0 Å².